The summed E-state index contributed by atoms with van der Waals surface area (Å²) in [4.78, 5) is 27.2. The Kier molecular flexibility index (Phi) is 5.92. The average molecular weight is 519 g/mol. The van der Waals surface area contributed by atoms with Crippen LogP contribution in [-0.2, 0) is 25.2 Å². The number of carbonyl (C=O) groups is 2. The molecule has 0 unspecified atom stereocenters. The molecule has 3 aliphatic rings. The van der Waals surface area contributed by atoms with E-state index in [-0.39, 0.29) is 0 Å². The van der Waals surface area contributed by atoms with E-state index in [1.165, 1.54) is 0 Å². The zero-order chi connectivity index (χ0) is 27.4. The Labute approximate surface area is 228 Å². The molecule has 0 spiro atoms. The molecule has 4 aromatic rings. The molecule has 3 aliphatic carbocycles. The molecule has 0 aromatic heterocycles. The number of esters is 2. The maximum atomic E-state index is 13.6. The number of benzene rings is 4. The lowest BCUT2D eigenvalue weighted by Gasteiger charge is -2.59. The summed E-state index contributed by atoms with van der Waals surface area (Å²) in [6.45, 7) is 5.99. The van der Waals surface area contributed by atoms with Gasteiger partial charge in [-0.1, -0.05) is 83.9 Å². The Balaban J connectivity index is 1.54. The summed E-state index contributed by atoms with van der Waals surface area (Å²) in [7, 11) is 1.62. The van der Waals surface area contributed by atoms with Crippen molar-refractivity contribution in [1.82, 2.24) is 0 Å². The molecule has 0 amide bonds. The summed E-state index contributed by atoms with van der Waals surface area (Å²) >= 11 is 0. The molecule has 39 heavy (non-hydrogen) atoms. The Morgan fingerprint density at radius 3 is 1.38 bits per heavy atom. The van der Waals surface area contributed by atoms with Crippen LogP contribution in [0.2, 0.25) is 0 Å². The number of fused-ring (bicyclic) bond motifs is 1. The zero-order valence-corrected chi connectivity index (χ0v) is 22.4. The highest BCUT2D eigenvalue weighted by Gasteiger charge is 2.68. The smallest absolute Gasteiger partial charge is 0.338 e. The fourth-order valence-electron chi connectivity index (χ4n) is 6.35. The largest absolute Gasteiger partial charge is 0.453 e. The normalized spacial score (nSPS) is 24.4. The summed E-state index contributed by atoms with van der Waals surface area (Å²) in [5, 5.41) is 0. The maximum Gasteiger partial charge on any atom is 0.338 e. The van der Waals surface area contributed by atoms with E-state index in [2.05, 4.69) is 6.92 Å². The van der Waals surface area contributed by atoms with E-state index in [9.17, 15) is 9.59 Å². The summed E-state index contributed by atoms with van der Waals surface area (Å²) in [5.74, 6) is -0.981. The molecular formula is C34H30O5. The Bertz CT molecular complexity index is 1520. The highest BCUT2D eigenvalue weighted by atomic mass is 16.6. The maximum absolute atomic E-state index is 13.6. The quantitative estimate of drug-likeness (QED) is 0.291. The molecule has 2 atom stereocenters. The van der Waals surface area contributed by atoms with Crippen molar-refractivity contribution in [3.05, 3.63) is 142 Å². The van der Waals surface area contributed by atoms with Crippen LogP contribution < -0.4 is 0 Å². The molecule has 0 heterocycles. The van der Waals surface area contributed by atoms with E-state index in [0.717, 1.165) is 33.4 Å². The molecule has 0 saturated carbocycles. The van der Waals surface area contributed by atoms with E-state index in [1.807, 2.05) is 86.6 Å². The molecule has 196 valence electrons. The number of hydrogen-bond donors (Lipinski definition) is 0. The van der Waals surface area contributed by atoms with Crippen molar-refractivity contribution in [2.45, 2.75) is 44.0 Å². The highest BCUT2D eigenvalue weighted by Crippen LogP contribution is 2.61. The van der Waals surface area contributed by atoms with Crippen LogP contribution in [0, 0.1) is 13.8 Å². The first-order valence-electron chi connectivity index (χ1n) is 13.1. The second-order valence-electron chi connectivity index (χ2n) is 10.6. The zero-order valence-electron chi connectivity index (χ0n) is 22.4. The third-order valence-corrected chi connectivity index (χ3v) is 8.38. The average Bonchev–Trinajstić information content (AvgIpc) is 2.96. The standard InChI is InChI=1S/C34H30O5/c1-21-13-17-23(18-14-21)31(35)38-29-30(39-32(36)24-19-15-22(2)16-20-24)34(37-4)27-11-7-5-9-25(27)33(29,3)26-10-6-8-12-28(26)34/h5-20,29-30H,1-4H3/t29-,30+,33-,34-/m1/s1. The fraction of sp³-hybridized carbons (Fsp3) is 0.235. The van der Waals surface area contributed by atoms with Crippen LogP contribution in [-0.4, -0.2) is 31.3 Å². The van der Waals surface area contributed by atoms with Gasteiger partial charge in [-0.25, -0.2) is 9.59 Å². The number of ether oxygens (including phenoxy) is 3. The van der Waals surface area contributed by atoms with Gasteiger partial charge >= 0.3 is 11.9 Å². The summed E-state index contributed by atoms with van der Waals surface area (Å²) < 4.78 is 19.1. The van der Waals surface area contributed by atoms with Gasteiger partial charge in [0.1, 0.15) is 0 Å². The monoisotopic (exact) mass is 518 g/mol. The predicted molar refractivity (Wildman–Crippen MR) is 148 cm³/mol. The van der Waals surface area contributed by atoms with Crippen molar-refractivity contribution in [3.63, 3.8) is 0 Å². The van der Waals surface area contributed by atoms with Crippen molar-refractivity contribution in [1.29, 1.82) is 0 Å². The van der Waals surface area contributed by atoms with Crippen molar-refractivity contribution >= 4 is 11.9 Å². The van der Waals surface area contributed by atoms with Crippen molar-refractivity contribution in [2.24, 2.45) is 0 Å². The first-order valence-corrected chi connectivity index (χ1v) is 13.1. The third kappa shape index (κ3) is 3.64. The molecule has 0 radical (unpaired) electrons. The molecule has 0 fully saturated rings. The van der Waals surface area contributed by atoms with Crippen LogP contribution in [0.5, 0.6) is 0 Å². The van der Waals surface area contributed by atoms with Crippen LogP contribution in [0.15, 0.2) is 97.1 Å². The van der Waals surface area contributed by atoms with Crippen LogP contribution in [0.4, 0.5) is 0 Å². The molecule has 0 saturated heterocycles. The second-order valence-corrected chi connectivity index (χ2v) is 10.6. The minimum atomic E-state index is -1.18. The molecule has 7 rings (SSSR count). The lowest BCUT2D eigenvalue weighted by molar-refractivity contribution is -0.167. The minimum absolute atomic E-state index is 0.420. The Morgan fingerprint density at radius 2 is 0.974 bits per heavy atom. The number of aryl methyl sites for hydroxylation is 2. The lowest BCUT2D eigenvalue weighted by atomic mass is 9.51. The highest BCUT2D eigenvalue weighted by molar-refractivity contribution is 5.91. The molecule has 0 N–H and O–H groups in total. The number of hydrogen-bond acceptors (Lipinski definition) is 5. The van der Waals surface area contributed by atoms with Crippen molar-refractivity contribution in [2.75, 3.05) is 7.11 Å². The first kappa shape index (κ1) is 25.1. The van der Waals surface area contributed by atoms with Crippen LogP contribution >= 0.6 is 0 Å². The van der Waals surface area contributed by atoms with Crippen LogP contribution in [0.1, 0.15) is 61.0 Å². The van der Waals surface area contributed by atoms with Gasteiger partial charge in [-0.05, 0) is 67.3 Å². The molecular weight excluding hydrogens is 488 g/mol. The molecule has 0 aliphatic heterocycles. The minimum Gasteiger partial charge on any atom is -0.453 e. The van der Waals surface area contributed by atoms with Crippen molar-refractivity contribution in [3.8, 4) is 0 Å². The van der Waals surface area contributed by atoms with E-state index in [1.54, 1.807) is 31.4 Å². The lowest BCUT2D eigenvalue weighted by Crippen LogP contribution is -2.67. The topological polar surface area (TPSA) is 61.8 Å². The first-order chi connectivity index (χ1) is 18.8. The SMILES string of the molecule is CO[C@]12c3ccccc3[C@](C)(c3ccccc31)[C@H](OC(=O)c1ccc(C)cc1)[C@@H]2OC(=O)c1ccc(C)cc1. The number of rotatable bonds is 5. The van der Waals surface area contributed by atoms with Crippen molar-refractivity contribution < 1.29 is 23.8 Å². The van der Waals surface area contributed by atoms with Gasteiger partial charge in [-0.3, -0.25) is 0 Å². The number of methoxy groups -OCH3 is 1. The van der Waals surface area contributed by atoms with Gasteiger partial charge in [0.25, 0.3) is 0 Å². The van der Waals surface area contributed by atoms with E-state index >= 15 is 0 Å². The summed E-state index contributed by atoms with van der Waals surface area (Å²) in [6, 6.07) is 30.5. The van der Waals surface area contributed by atoms with E-state index in [4.69, 9.17) is 14.2 Å². The molecule has 5 heteroatoms. The molecule has 4 aromatic carbocycles. The van der Waals surface area contributed by atoms with Gasteiger partial charge in [-0.2, -0.15) is 0 Å². The van der Waals surface area contributed by atoms with E-state index in [0.29, 0.717) is 11.1 Å². The number of carbonyl (C=O) groups excluding carboxylic acids is 2. The Morgan fingerprint density at radius 1 is 0.590 bits per heavy atom. The molecule has 5 nitrogen and oxygen atoms in total. The van der Waals surface area contributed by atoms with Gasteiger partial charge in [-0.15, -0.1) is 0 Å². The van der Waals surface area contributed by atoms with Gasteiger partial charge in [0, 0.05) is 7.11 Å². The van der Waals surface area contributed by atoms with Crippen LogP contribution in [0.25, 0.3) is 0 Å². The summed E-state index contributed by atoms with van der Waals surface area (Å²) in [5.41, 5.74) is 4.72. The molecule has 2 bridgehead atoms. The van der Waals surface area contributed by atoms with Gasteiger partial charge in [0.15, 0.2) is 17.8 Å². The fourth-order valence-corrected chi connectivity index (χ4v) is 6.35. The van der Waals surface area contributed by atoms with Gasteiger partial charge < -0.3 is 14.2 Å². The Hall–Kier alpha value is -4.22. The second kappa shape index (κ2) is 9.21. The predicted octanol–water partition coefficient (Wildman–Crippen LogP) is 6.28. The van der Waals surface area contributed by atoms with Crippen LogP contribution in [0.3, 0.4) is 0 Å². The van der Waals surface area contributed by atoms with Gasteiger partial charge in [0.2, 0.25) is 0 Å². The van der Waals surface area contributed by atoms with Gasteiger partial charge in [0.05, 0.1) is 16.5 Å². The third-order valence-electron chi connectivity index (χ3n) is 8.38. The van der Waals surface area contributed by atoms with E-state index < -0.39 is 35.2 Å². The summed E-state index contributed by atoms with van der Waals surface area (Å²) in [6.07, 6.45) is -1.80.